The van der Waals surface area contributed by atoms with Crippen LogP contribution in [0.2, 0.25) is 0 Å². The average Bonchev–Trinajstić information content (AvgIpc) is 2.62. The van der Waals surface area contributed by atoms with Gasteiger partial charge in [-0.15, -0.1) is 11.8 Å². The third-order valence-electron chi connectivity index (χ3n) is 3.36. The van der Waals surface area contributed by atoms with Gasteiger partial charge in [-0.1, -0.05) is 12.1 Å². The van der Waals surface area contributed by atoms with Crippen LogP contribution in [0.1, 0.15) is 31.7 Å². The molecule has 1 aliphatic rings. The molecule has 1 aromatic rings. The molecule has 0 aliphatic carbocycles. The molecule has 1 amide bonds. The van der Waals surface area contributed by atoms with Crippen molar-refractivity contribution in [1.29, 1.82) is 0 Å². The van der Waals surface area contributed by atoms with Gasteiger partial charge in [-0.3, -0.25) is 4.79 Å². The third kappa shape index (κ3) is 2.52. The van der Waals surface area contributed by atoms with Gasteiger partial charge >= 0.3 is 5.97 Å². The maximum atomic E-state index is 13.0. The van der Waals surface area contributed by atoms with Crippen molar-refractivity contribution in [3.05, 3.63) is 35.6 Å². The first-order valence-electron chi connectivity index (χ1n) is 6.19. The Labute approximate surface area is 121 Å². The predicted octanol–water partition coefficient (Wildman–Crippen LogP) is 2.65. The Morgan fingerprint density at radius 3 is 2.30 bits per heavy atom. The van der Waals surface area contributed by atoms with E-state index in [0.29, 0.717) is 0 Å². The lowest BCUT2D eigenvalue weighted by atomic mass is 10.0. The minimum atomic E-state index is -1.03. The number of benzene rings is 1. The molecule has 0 bridgehead atoms. The average molecular weight is 297 g/mol. The highest BCUT2D eigenvalue weighted by Gasteiger charge is 2.52. The second-order valence-electron chi connectivity index (χ2n) is 5.29. The maximum Gasteiger partial charge on any atom is 0.327 e. The van der Waals surface area contributed by atoms with Gasteiger partial charge in [0.15, 0.2) is 0 Å². The summed E-state index contributed by atoms with van der Waals surface area (Å²) in [6.07, 6.45) is 0. The predicted molar refractivity (Wildman–Crippen MR) is 74.8 cm³/mol. The molecule has 1 N–H and O–H groups in total. The molecule has 108 valence electrons. The van der Waals surface area contributed by atoms with E-state index in [1.807, 2.05) is 0 Å². The molecule has 0 aromatic heterocycles. The van der Waals surface area contributed by atoms with Crippen molar-refractivity contribution in [2.75, 3.05) is 0 Å². The van der Waals surface area contributed by atoms with Gasteiger partial charge in [-0.2, -0.15) is 0 Å². The van der Waals surface area contributed by atoms with Crippen molar-refractivity contribution in [3.8, 4) is 0 Å². The lowest BCUT2D eigenvalue weighted by Crippen LogP contribution is -2.48. The number of carbonyl (C=O) groups is 2. The van der Waals surface area contributed by atoms with Crippen LogP contribution in [0.15, 0.2) is 24.3 Å². The molecular formula is C14H16FNO3S. The first kappa shape index (κ1) is 14.8. The summed E-state index contributed by atoms with van der Waals surface area (Å²) in [7, 11) is 0. The zero-order valence-corrected chi connectivity index (χ0v) is 12.3. The molecule has 0 unspecified atom stereocenters. The Kier molecular flexibility index (Phi) is 3.77. The minimum absolute atomic E-state index is 0.301. The quantitative estimate of drug-likeness (QED) is 0.911. The molecule has 1 saturated heterocycles. The number of hydrogen-bond donors (Lipinski definition) is 1. The summed E-state index contributed by atoms with van der Waals surface area (Å²) in [5, 5.41) is 9.00. The Morgan fingerprint density at radius 2 is 1.85 bits per heavy atom. The first-order chi connectivity index (χ1) is 9.24. The maximum absolute atomic E-state index is 13.0. The van der Waals surface area contributed by atoms with E-state index in [1.165, 1.54) is 35.7 Å². The lowest BCUT2D eigenvalue weighted by Gasteiger charge is -2.28. The van der Waals surface area contributed by atoms with E-state index < -0.39 is 22.1 Å². The van der Waals surface area contributed by atoms with Gasteiger partial charge in [-0.25, -0.2) is 9.18 Å². The van der Waals surface area contributed by atoms with Crippen LogP contribution in [-0.2, 0) is 9.59 Å². The van der Waals surface area contributed by atoms with Crippen molar-refractivity contribution in [2.24, 2.45) is 0 Å². The van der Waals surface area contributed by atoms with Crippen molar-refractivity contribution >= 4 is 23.6 Å². The number of rotatable bonds is 2. The molecule has 2 atom stereocenters. The van der Waals surface area contributed by atoms with Crippen LogP contribution in [0, 0.1) is 5.82 Å². The zero-order valence-electron chi connectivity index (χ0n) is 11.5. The molecule has 6 heteroatoms. The van der Waals surface area contributed by atoms with E-state index in [0.717, 1.165) is 5.56 Å². The molecule has 1 heterocycles. The van der Waals surface area contributed by atoms with Gasteiger partial charge < -0.3 is 10.0 Å². The highest BCUT2D eigenvalue weighted by atomic mass is 32.2. The standard InChI is InChI=1S/C14H16FNO3S/c1-8(17)16-11(13(18)19)14(2,3)20-12(16)9-4-6-10(15)7-5-9/h4-7,11-12H,1-3H3,(H,18,19)/t11-,12-/m0/s1. The summed E-state index contributed by atoms with van der Waals surface area (Å²) in [4.78, 5) is 24.7. The second-order valence-corrected chi connectivity index (χ2v) is 7.03. The molecule has 0 radical (unpaired) electrons. The summed E-state index contributed by atoms with van der Waals surface area (Å²) in [5.74, 6) is -1.69. The van der Waals surface area contributed by atoms with Crippen molar-refractivity contribution in [3.63, 3.8) is 0 Å². The fourth-order valence-electron chi connectivity index (χ4n) is 2.50. The Balaban J connectivity index is 2.45. The SMILES string of the molecule is CC(=O)N1[C@@H](C(=O)O)C(C)(C)S[C@H]1c1ccc(F)cc1. The smallest absolute Gasteiger partial charge is 0.327 e. The Bertz CT molecular complexity index is 544. The van der Waals surface area contributed by atoms with E-state index in [4.69, 9.17) is 0 Å². The summed E-state index contributed by atoms with van der Waals surface area (Å²) in [6, 6.07) is 4.90. The molecule has 2 rings (SSSR count). The topological polar surface area (TPSA) is 57.6 Å². The summed E-state index contributed by atoms with van der Waals surface area (Å²) < 4.78 is 12.4. The van der Waals surface area contributed by atoms with Gasteiger partial charge in [-0.05, 0) is 31.5 Å². The number of carboxylic acid groups (broad SMARTS) is 1. The minimum Gasteiger partial charge on any atom is -0.480 e. The molecule has 4 nitrogen and oxygen atoms in total. The van der Waals surface area contributed by atoms with Crippen LogP contribution in [-0.4, -0.2) is 32.7 Å². The van der Waals surface area contributed by atoms with Crippen LogP contribution in [0.4, 0.5) is 4.39 Å². The summed E-state index contributed by atoms with van der Waals surface area (Å²) in [5.41, 5.74) is 0.725. The van der Waals surface area contributed by atoms with Crippen LogP contribution >= 0.6 is 11.8 Å². The molecule has 20 heavy (non-hydrogen) atoms. The molecule has 0 spiro atoms. The molecule has 1 aromatic carbocycles. The van der Waals surface area contributed by atoms with Crippen molar-refractivity contribution < 1.29 is 19.1 Å². The second kappa shape index (κ2) is 5.09. The van der Waals surface area contributed by atoms with E-state index in [2.05, 4.69) is 0 Å². The largest absolute Gasteiger partial charge is 0.480 e. The molecule has 0 saturated carbocycles. The number of nitrogens with zero attached hydrogens (tertiary/aromatic N) is 1. The third-order valence-corrected chi connectivity index (χ3v) is 4.91. The zero-order chi connectivity index (χ0) is 15.1. The summed E-state index contributed by atoms with van der Waals surface area (Å²) in [6.45, 7) is 4.96. The molecule has 1 aliphatic heterocycles. The van der Waals surface area contributed by atoms with E-state index >= 15 is 0 Å². The first-order valence-corrected chi connectivity index (χ1v) is 7.07. The van der Waals surface area contributed by atoms with Crippen LogP contribution in [0.3, 0.4) is 0 Å². The number of thioether (sulfide) groups is 1. The lowest BCUT2D eigenvalue weighted by molar-refractivity contribution is -0.150. The monoisotopic (exact) mass is 297 g/mol. The van der Waals surface area contributed by atoms with Gasteiger partial charge in [0.2, 0.25) is 5.91 Å². The fourth-order valence-corrected chi connectivity index (χ4v) is 4.09. The van der Waals surface area contributed by atoms with E-state index in [1.54, 1.807) is 26.0 Å². The van der Waals surface area contributed by atoms with Crippen molar-refractivity contribution in [2.45, 2.75) is 36.9 Å². The van der Waals surface area contributed by atoms with Gasteiger partial charge in [0.1, 0.15) is 17.2 Å². The number of carboxylic acids is 1. The number of carbonyl (C=O) groups excluding carboxylic acids is 1. The van der Waals surface area contributed by atoms with Gasteiger partial charge in [0, 0.05) is 11.7 Å². The van der Waals surface area contributed by atoms with Crippen LogP contribution < -0.4 is 0 Å². The van der Waals surface area contributed by atoms with Crippen LogP contribution in [0.5, 0.6) is 0 Å². The highest BCUT2D eigenvalue weighted by molar-refractivity contribution is 8.01. The number of aliphatic carboxylic acids is 1. The number of amides is 1. The fraction of sp³-hybridized carbons (Fsp3) is 0.429. The molecular weight excluding hydrogens is 281 g/mol. The number of hydrogen-bond acceptors (Lipinski definition) is 3. The normalized spacial score (nSPS) is 24.7. The molecule has 1 fully saturated rings. The van der Waals surface area contributed by atoms with Gasteiger partial charge in [0.25, 0.3) is 0 Å². The summed E-state index contributed by atoms with van der Waals surface area (Å²) >= 11 is 1.40. The number of halogens is 1. The van der Waals surface area contributed by atoms with E-state index in [-0.39, 0.29) is 11.7 Å². The van der Waals surface area contributed by atoms with Crippen LogP contribution in [0.25, 0.3) is 0 Å². The Hall–Kier alpha value is -1.56. The highest BCUT2D eigenvalue weighted by Crippen LogP contribution is 2.52. The van der Waals surface area contributed by atoms with Crippen molar-refractivity contribution in [1.82, 2.24) is 4.90 Å². The van der Waals surface area contributed by atoms with E-state index in [9.17, 15) is 19.1 Å². The van der Waals surface area contributed by atoms with Gasteiger partial charge in [0.05, 0.1) is 0 Å². The Morgan fingerprint density at radius 1 is 1.30 bits per heavy atom.